The van der Waals surface area contributed by atoms with Gasteiger partial charge in [-0.3, -0.25) is 9.69 Å². The van der Waals surface area contributed by atoms with E-state index in [4.69, 9.17) is 16.6 Å². The summed E-state index contributed by atoms with van der Waals surface area (Å²) in [6.07, 6.45) is 3.02. The first kappa shape index (κ1) is 15.2. The Morgan fingerprint density at radius 2 is 2.00 bits per heavy atom. The second-order valence-corrected chi connectivity index (χ2v) is 4.90. The second-order valence-electron chi connectivity index (χ2n) is 4.52. The molecule has 118 valence electrons. The van der Waals surface area contributed by atoms with Gasteiger partial charge in [0.1, 0.15) is 17.2 Å². The fourth-order valence-electron chi connectivity index (χ4n) is 2.06. The van der Waals surface area contributed by atoms with Gasteiger partial charge >= 0.3 is 6.61 Å². The van der Waals surface area contributed by atoms with Crippen molar-refractivity contribution in [3.05, 3.63) is 54.1 Å². The number of hydrogen-bond donors (Lipinski definition) is 1. The van der Waals surface area contributed by atoms with E-state index < -0.39 is 6.61 Å². The van der Waals surface area contributed by atoms with Crippen molar-refractivity contribution in [2.24, 2.45) is 0 Å². The number of anilines is 1. The molecule has 0 atom stereocenters. The summed E-state index contributed by atoms with van der Waals surface area (Å²) in [6.45, 7) is -2.90. The minimum Gasteiger partial charge on any atom is -0.465 e. The Balaban J connectivity index is 1.83. The van der Waals surface area contributed by atoms with Crippen molar-refractivity contribution in [1.29, 1.82) is 0 Å². The third kappa shape index (κ3) is 3.21. The fourth-order valence-corrected chi connectivity index (χ4v) is 2.36. The van der Waals surface area contributed by atoms with Crippen LogP contribution in [0.15, 0.2) is 52.8 Å². The number of benzene rings is 1. The number of amides is 1. The van der Waals surface area contributed by atoms with E-state index in [0.717, 1.165) is 0 Å². The van der Waals surface area contributed by atoms with Gasteiger partial charge in [0, 0.05) is 6.08 Å². The molecule has 1 aromatic heterocycles. The summed E-state index contributed by atoms with van der Waals surface area (Å²) in [5.74, 6) is 0.140. The summed E-state index contributed by atoms with van der Waals surface area (Å²) >= 11 is 5.15. The zero-order valence-corrected chi connectivity index (χ0v) is 12.3. The van der Waals surface area contributed by atoms with E-state index in [2.05, 4.69) is 10.1 Å². The molecule has 2 aromatic rings. The standard InChI is InChI=1S/C15H10F2N2O3S/c16-14(17)22-10-5-3-9(4-6-10)19-13(20)12(18-15(19)23)8-11-2-1-7-21-11/h1-8,14H,(H,18,23)/b12-8-. The molecule has 1 N–H and O–H groups in total. The molecule has 1 aliphatic heterocycles. The van der Waals surface area contributed by atoms with Crippen molar-refractivity contribution in [1.82, 2.24) is 5.32 Å². The molecule has 0 saturated carbocycles. The van der Waals surface area contributed by atoms with Crippen LogP contribution in [-0.4, -0.2) is 17.6 Å². The quantitative estimate of drug-likeness (QED) is 0.687. The number of hydrogen-bond acceptors (Lipinski definition) is 4. The Kier molecular flexibility index (Phi) is 4.07. The predicted molar refractivity (Wildman–Crippen MR) is 83.0 cm³/mol. The second kappa shape index (κ2) is 6.17. The van der Waals surface area contributed by atoms with Gasteiger partial charge in [0.15, 0.2) is 5.11 Å². The lowest BCUT2D eigenvalue weighted by atomic mass is 10.2. The lowest BCUT2D eigenvalue weighted by Gasteiger charge is -2.14. The molecule has 3 rings (SSSR count). The SMILES string of the molecule is O=C1/C(=C/c2ccco2)NC(=S)N1c1ccc(OC(F)F)cc1. The summed E-state index contributed by atoms with van der Waals surface area (Å²) in [6, 6.07) is 9.02. The van der Waals surface area contributed by atoms with Crippen LogP contribution in [0.1, 0.15) is 5.76 Å². The van der Waals surface area contributed by atoms with Gasteiger partial charge < -0.3 is 14.5 Å². The summed E-state index contributed by atoms with van der Waals surface area (Å²) in [5.41, 5.74) is 0.704. The minimum atomic E-state index is -2.90. The molecule has 0 radical (unpaired) electrons. The number of nitrogens with zero attached hydrogens (tertiary/aromatic N) is 1. The number of nitrogens with one attached hydrogen (secondary N) is 1. The molecule has 1 aromatic carbocycles. The Bertz CT molecular complexity index is 758. The third-order valence-electron chi connectivity index (χ3n) is 3.03. The topological polar surface area (TPSA) is 54.7 Å². The van der Waals surface area contributed by atoms with Crippen molar-refractivity contribution < 1.29 is 22.7 Å². The molecule has 0 spiro atoms. The van der Waals surface area contributed by atoms with Crippen LogP contribution in [0.3, 0.4) is 0 Å². The molecule has 0 bridgehead atoms. The first-order valence-corrected chi connectivity index (χ1v) is 6.91. The fraction of sp³-hybridized carbons (Fsp3) is 0.0667. The largest absolute Gasteiger partial charge is 0.465 e. The Hall–Kier alpha value is -2.74. The van der Waals surface area contributed by atoms with Crippen LogP contribution in [0, 0.1) is 0 Å². The van der Waals surface area contributed by atoms with Gasteiger partial charge in [-0.05, 0) is 48.6 Å². The molecular formula is C15H10F2N2O3S. The number of carbonyl (C=O) groups excluding carboxylic acids is 1. The van der Waals surface area contributed by atoms with E-state index in [1.54, 1.807) is 12.1 Å². The van der Waals surface area contributed by atoms with Gasteiger partial charge in [0.05, 0.1) is 12.0 Å². The smallest absolute Gasteiger partial charge is 0.387 e. The molecule has 1 amide bonds. The molecular weight excluding hydrogens is 326 g/mol. The molecule has 1 aliphatic rings. The van der Waals surface area contributed by atoms with Crippen molar-refractivity contribution >= 4 is 35.0 Å². The maximum Gasteiger partial charge on any atom is 0.387 e. The third-order valence-corrected chi connectivity index (χ3v) is 3.31. The highest BCUT2D eigenvalue weighted by Gasteiger charge is 2.32. The average Bonchev–Trinajstić information content (AvgIpc) is 3.09. The molecule has 1 saturated heterocycles. The van der Waals surface area contributed by atoms with Crippen LogP contribution in [-0.2, 0) is 4.79 Å². The van der Waals surface area contributed by atoms with Crippen LogP contribution in [0.4, 0.5) is 14.5 Å². The first-order valence-electron chi connectivity index (χ1n) is 6.50. The summed E-state index contributed by atoms with van der Waals surface area (Å²) < 4.78 is 33.7. The Labute approximate surface area is 135 Å². The number of thiocarbonyl (C=S) groups is 1. The first-order chi connectivity index (χ1) is 11.0. The Morgan fingerprint density at radius 3 is 2.61 bits per heavy atom. The highest BCUT2D eigenvalue weighted by molar-refractivity contribution is 7.80. The van der Waals surface area contributed by atoms with Crippen molar-refractivity contribution in [3.8, 4) is 5.75 Å². The van der Waals surface area contributed by atoms with E-state index in [1.165, 1.54) is 41.5 Å². The summed E-state index contributed by atoms with van der Waals surface area (Å²) in [7, 11) is 0. The molecule has 1 fully saturated rings. The monoisotopic (exact) mass is 336 g/mol. The van der Waals surface area contributed by atoms with Gasteiger partial charge in [-0.2, -0.15) is 8.78 Å². The number of rotatable bonds is 4. The predicted octanol–water partition coefficient (Wildman–Crippen LogP) is 3.14. The van der Waals surface area contributed by atoms with Gasteiger partial charge in [0.25, 0.3) is 5.91 Å². The Morgan fingerprint density at radius 1 is 1.26 bits per heavy atom. The molecule has 23 heavy (non-hydrogen) atoms. The van der Waals surface area contributed by atoms with Crippen molar-refractivity contribution in [2.75, 3.05) is 4.90 Å². The van der Waals surface area contributed by atoms with Crippen LogP contribution >= 0.6 is 12.2 Å². The minimum absolute atomic E-state index is 0.000578. The van der Waals surface area contributed by atoms with Crippen molar-refractivity contribution in [3.63, 3.8) is 0 Å². The lowest BCUT2D eigenvalue weighted by molar-refractivity contribution is -0.113. The summed E-state index contributed by atoms with van der Waals surface area (Å²) in [4.78, 5) is 13.7. The number of alkyl halides is 2. The van der Waals surface area contributed by atoms with Gasteiger partial charge in [0.2, 0.25) is 0 Å². The molecule has 0 aliphatic carbocycles. The van der Waals surface area contributed by atoms with Crippen LogP contribution in [0.5, 0.6) is 5.75 Å². The highest BCUT2D eigenvalue weighted by Crippen LogP contribution is 2.25. The van der Waals surface area contributed by atoms with E-state index in [9.17, 15) is 13.6 Å². The van der Waals surface area contributed by atoms with Gasteiger partial charge in [-0.1, -0.05) is 0 Å². The molecule has 8 heteroatoms. The molecule has 5 nitrogen and oxygen atoms in total. The maximum absolute atomic E-state index is 12.4. The van der Waals surface area contributed by atoms with Gasteiger partial charge in [-0.15, -0.1) is 0 Å². The zero-order chi connectivity index (χ0) is 16.4. The molecule has 2 heterocycles. The number of halogens is 2. The van der Waals surface area contributed by atoms with E-state index in [0.29, 0.717) is 11.4 Å². The average molecular weight is 336 g/mol. The van der Waals surface area contributed by atoms with E-state index in [-0.39, 0.29) is 22.5 Å². The summed E-state index contributed by atoms with van der Waals surface area (Å²) in [5, 5.41) is 2.99. The van der Waals surface area contributed by atoms with Crippen molar-refractivity contribution in [2.45, 2.75) is 6.61 Å². The normalized spacial score (nSPS) is 16.3. The molecule has 0 unspecified atom stereocenters. The van der Waals surface area contributed by atoms with Gasteiger partial charge in [-0.25, -0.2) is 0 Å². The number of furan rings is 1. The van der Waals surface area contributed by atoms with Crippen LogP contribution in [0.25, 0.3) is 6.08 Å². The number of ether oxygens (including phenoxy) is 1. The maximum atomic E-state index is 12.4. The number of carbonyl (C=O) groups is 1. The van der Waals surface area contributed by atoms with Crippen LogP contribution < -0.4 is 15.0 Å². The lowest BCUT2D eigenvalue weighted by Crippen LogP contribution is -2.30. The van der Waals surface area contributed by atoms with E-state index in [1.807, 2.05) is 0 Å². The zero-order valence-electron chi connectivity index (χ0n) is 11.5. The van der Waals surface area contributed by atoms with E-state index >= 15 is 0 Å². The van der Waals surface area contributed by atoms with Crippen LogP contribution in [0.2, 0.25) is 0 Å². The highest BCUT2D eigenvalue weighted by atomic mass is 32.1.